The highest BCUT2D eigenvalue weighted by Gasteiger charge is 2.77. The fourth-order valence-electron chi connectivity index (χ4n) is 8.54. The number of nitrogens with zero attached hydrogens (tertiary/aromatic N) is 1. The second-order valence-corrected chi connectivity index (χ2v) is 12.2. The van der Waals surface area contributed by atoms with E-state index in [1.807, 2.05) is 39.0 Å². The first-order chi connectivity index (χ1) is 16.4. The van der Waals surface area contributed by atoms with Crippen molar-refractivity contribution in [3.63, 3.8) is 0 Å². The first kappa shape index (κ1) is 21.8. The molecule has 7 atom stereocenters. The number of carbonyl (C=O) groups is 1. The van der Waals surface area contributed by atoms with Crippen LogP contribution < -0.4 is 0 Å². The van der Waals surface area contributed by atoms with Gasteiger partial charge in [-0.25, -0.2) is 0 Å². The van der Waals surface area contributed by atoms with Gasteiger partial charge in [-0.05, 0) is 68.9 Å². The highest BCUT2D eigenvalue weighted by molar-refractivity contribution is 5.97. The van der Waals surface area contributed by atoms with Crippen molar-refractivity contribution in [2.45, 2.75) is 88.0 Å². The molecule has 2 aliphatic heterocycles. The van der Waals surface area contributed by atoms with Crippen LogP contribution in [0.15, 0.2) is 29.8 Å². The third-order valence-corrected chi connectivity index (χ3v) is 10.5. The average Bonchev–Trinajstić information content (AvgIpc) is 3.39. The summed E-state index contributed by atoms with van der Waals surface area (Å²) in [7, 11) is 0. The van der Waals surface area contributed by atoms with Crippen LogP contribution >= 0.6 is 0 Å². The lowest BCUT2D eigenvalue weighted by Gasteiger charge is -2.66. The summed E-state index contributed by atoms with van der Waals surface area (Å²) in [5, 5.41) is 34.7. The van der Waals surface area contributed by atoms with Crippen molar-refractivity contribution >= 4 is 16.7 Å². The number of aromatic amines is 1. The van der Waals surface area contributed by atoms with Crippen molar-refractivity contribution < 1.29 is 24.5 Å². The number of nitrogens with one attached hydrogen (secondary N) is 1. The highest BCUT2D eigenvalue weighted by atomic mass is 16.8. The first-order valence-electron chi connectivity index (χ1n) is 12.5. The third-order valence-electron chi connectivity index (χ3n) is 10.5. The van der Waals surface area contributed by atoms with E-state index in [0.717, 1.165) is 28.6 Å². The molecule has 2 saturated carbocycles. The Bertz CT molecular complexity index is 1420. The van der Waals surface area contributed by atoms with Crippen LogP contribution in [0.4, 0.5) is 0 Å². The molecule has 1 spiro atoms. The molecule has 2 aromatic rings. The Hall–Kier alpha value is -2.50. The van der Waals surface area contributed by atoms with E-state index in [2.05, 4.69) is 18.0 Å². The zero-order valence-corrected chi connectivity index (χ0v) is 20.4. The van der Waals surface area contributed by atoms with Crippen molar-refractivity contribution in [2.75, 3.05) is 0 Å². The lowest BCUT2D eigenvalue weighted by molar-refractivity contribution is -0.274. The van der Waals surface area contributed by atoms with Crippen molar-refractivity contribution in [3.8, 4) is 6.07 Å². The molecular weight excluding hydrogens is 444 g/mol. The standard InChI is InChI=1S/C28H30N2O5/c1-24(2)23-19(31)12-20-27(34-23,35-24)8-7-25(3)26(4)15(11-21(32)28(20,25)33)10-17-16-9-14(13-29)5-6-18(16)30-22(17)26/h5-6,9,12,15,21,23,30,32-33H,7-8,10-11H2,1-4H3/t15-,21+,23+,25-,26-,27+,28+/m1/s1. The molecule has 2 bridgehead atoms. The summed E-state index contributed by atoms with van der Waals surface area (Å²) in [5.41, 5.74) is 0.356. The van der Waals surface area contributed by atoms with Gasteiger partial charge in [0.2, 0.25) is 0 Å². The third kappa shape index (κ3) is 2.17. The highest BCUT2D eigenvalue weighted by Crippen LogP contribution is 2.71. The molecule has 1 aromatic heterocycles. The van der Waals surface area contributed by atoms with Crippen molar-refractivity contribution in [1.82, 2.24) is 4.98 Å². The van der Waals surface area contributed by atoms with E-state index >= 15 is 0 Å². The number of aromatic nitrogens is 1. The van der Waals surface area contributed by atoms with Gasteiger partial charge < -0.3 is 24.7 Å². The molecule has 1 saturated heterocycles. The average molecular weight is 475 g/mol. The molecule has 0 amide bonds. The second kappa shape index (κ2) is 6.07. The van der Waals surface area contributed by atoms with Gasteiger partial charge in [0.1, 0.15) is 11.2 Å². The van der Waals surface area contributed by atoms with Crippen LogP contribution in [0, 0.1) is 22.7 Å². The molecule has 35 heavy (non-hydrogen) atoms. The fourth-order valence-corrected chi connectivity index (χ4v) is 8.54. The maximum absolute atomic E-state index is 13.1. The minimum Gasteiger partial charge on any atom is -0.390 e. The van der Waals surface area contributed by atoms with Gasteiger partial charge in [0.25, 0.3) is 0 Å². The molecule has 3 heterocycles. The van der Waals surface area contributed by atoms with Crippen molar-refractivity contribution in [1.29, 1.82) is 5.26 Å². The van der Waals surface area contributed by atoms with Gasteiger partial charge in [-0.15, -0.1) is 0 Å². The van der Waals surface area contributed by atoms with E-state index in [1.54, 1.807) is 0 Å². The van der Waals surface area contributed by atoms with E-state index in [0.29, 0.717) is 30.4 Å². The lowest BCUT2D eigenvalue weighted by Crippen LogP contribution is -2.74. The number of fused-ring (bicyclic) bond motifs is 9. The molecular formula is C28H30N2O5. The monoisotopic (exact) mass is 474 g/mol. The first-order valence-corrected chi connectivity index (χ1v) is 12.5. The SMILES string of the molecule is CC1(C)O[C@@]23CC[C@]4(C)[C@@]5(C)c6[nH]c7ccc(C#N)cc7c6C[C@@H]5C[C@H](O)[C@@]4(O)C2=CC(=O)[C@@H]1O3. The number of carbonyl (C=O) groups excluding carboxylic acids is 1. The summed E-state index contributed by atoms with van der Waals surface area (Å²) < 4.78 is 12.7. The molecule has 1 aromatic carbocycles. The maximum Gasteiger partial charge on any atom is 0.195 e. The molecule has 3 fully saturated rings. The maximum atomic E-state index is 13.1. The van der Waals surface area contributed by atoms with Gasteiger partial charge in [0.05, 0.1) is 17.7 Å². The number of benzene rings is 1. The van der Waals surface area contributed by atoms with Crippen molar-refractivity contribution in [2.24, 2.45) is 11.3 Å². The normalized spacial score (nSPS) is 44.8. The van der Waals surface area contributed by atoms with Crippen LogP contribution in [0.2, 0.25) is 0 Å². The summed E-state index contributed by atoms with van der Waals surface area (Å²) >= 11 is 0. The van der Waals surface area contributed by atoms with E-state index < -0.39 is 40.0 Å². The van der Waals surface area contributed by atoms with E-state index in [4.69, 9.17) is 9.47 Å². The van der Waals surface area contributed by atoms with E-state index in [-0.39, 0.29) is 11.7 Å². The van der Waals surface area contributed by atoms with Crippen LogP contribution in [0.1, 0.15) is 63.8 Å². The van der Waals surface area contributed by atoms with Gasteiger partial charge in [0, 0.05) is 39.4 Å². The van der Waals surface area contributed by atoms with Crippen LogP contribution in [0.25, 0.3) is 10.9 Å². The Kier molecular flexibility index (Phi) is 3.77. The molecule has 0 unspecified atom stereocenters. The molecule has 3 N–H and O–H groups in total. The van der Waals surface area contributed by atoms with Crippen molar-refractivity contribution in [3.05, 3.63) is 46.7 Å². The minimum atomic E-state index is -1.70. The smallest absolute Gasteiger partial charge is 0.195 e. The number of aliphatic hydroxyl groups excluding tert-OH is 1. The van der Waals surface area contributed by atoms with E-state index in [9.17, 15) is 20.3 Å². The van der Waals surface area contributed by atoms with Crippen LogP contribution in [-0.4, -0.2) is 50.2 Å². The number of hydrogen-bond acceptors (Lipinski definition) is 6. The molecule has 3 aliphatic carbocycles. The predicted octanol–water partition coefficient (Wildman–Crippen LogP) is 3.16. The summed E-state index contributed by atoms with van der Waals surface area (Å²) in [4.78, 5) is 16.8. The Balaban J connectivity index is 1.45. The molecule has 7 rings (SSSR count). The molecule has 0 radical (unpaired) electrons. The zero-order valence-electron chi connectivity index (χ0n) is 20.4. The van der Waals surface area contributed by atoms with Crippen LogP contribution in [0.3, 0.4) is 0 Å². The predicted molar refractivity (Wildman–Crippen MR) is 126 cm³/mol. The number of nitriles is 1. The quantitative estimate of drug-likeness (QED) is 0.540. The summed E-state index contributed by atoms with van der Waals surface area (Å²) in [6.07, 6.45) is 1.92. The fraction of sp³-hybridized carbons (Fsp3) is 0.571. The van der Waals surface area contributed by atoms with Gasteiger partial charge in [-0.1, -0.05) is 13.8 Å². The number of aliphatic hydroxyl groups is 2. The topological polar surface area (TPSA) is 116 Å². The Morgan fingerprint density at radius 3 is 2.71 bits per heavy atom. The number of hydrogen-bond donors (Lipinski definition) is 3. The number of ketones is 1. The lowest BCUT2D eigenvalue weighted by atomic mass is 9.41. The Morgan fingerprint density at radius 2 is 1.97 bits per heavy atom. The largest absolute Gasteiger partial charge is 0.390 e. The Morgan fingerprint density at radius 1 is 1.20 bits per heavy atom. The zero-order chi connectivity index (χ0) is 24.8. The van der Waals surface area contributed by atoms with Gasteiger partial charge >= 0.3 is 0 Å². The molecule has 182 valence electrons. The van der Waals surface area contributed by atoms with Gasteiger partial charge in [0.15, 0.2) is 17.7 Å². The van der Waals surface area contributed by atoms with Crippen LogP contribution in [0.5, 0.6) is 0 Å². The number of H-pyrrole nitrogens is 1. The molecule has 5 aliphatic rings. The van der Waals surface area contributed by atoms with Gasteiger partial charge in [-0.2, -0.15) is 5.26 Å². The van der Waals surface area contributed by atoms with E-state index in [1.165, 1.54) is 6.08 Å². The summed E-state index contributed by atoms with van der Waals surface area (Å²) in [6, 6.07) is 7.91. The summed E-state index contributed by atoms with van der Waals surface area (Å²) in [6.45, 7) is 7.93. The number of ether oxygens (including phenoxy) is 2. The minimum absolute atomic E-state index is 0.0997. The Labute approximate surface area is 203 Å². The summed E-state index contributed by atoms with van der Waals surface area (Å²) in [5.74, 6) is -1.33. The number of rotatable bonds is 0. The second-order valence-electron chi connectivity index (χ2n) is 12.2. The molecule has 7 nitrogen and oxygen atoms in total. The van der Waals surface area contributed by atoms with Gasteiger partial charge in [-0.3, -0.25) is 4.79 Å². The van der Waals surface area contributed by atoms with Crippen LogP contribution in [-0.2, 0) is 26.1 Å². The molecule has 7 heteroatoms.